The van der Waals surface area contributed by atoms with Gasteiger partial charge in [-0.2, -0.15) is 0 Å². The fraction of sp³-hybridized carbons (Fsp3) is 0.333. The molecule has 0 saturated carbocycles. The topological polar surface area (TPSA) is 59.6 Å². The molecule has 3 N–H and O–H groups in total. The van der Waals surface area contributed by atoms with Gasteiger partial charge in [0.25, 0.3) is 0 Å². The van der Waals surface area contributed by atoms with Gasteiger partial charge in [0.2, 0.25) is 10.7 Å². The number of aryl methyl sites for hydroxylation is 1. The molecule has 4 nitrogen and oxygen atoms in total. The van der Waals surface area contributed by atoms with Crippen LogP contribution in [0.25, 0.3) is 5.69 Å². The highest BCUT2D eigenvalue weighted by atomic mass is 32.1. The van der Waals surface area contributed by atoms with E-state index in [4.69, 9.17) is 18.0 Å². The van der Waals surface area contributed by atoms with Gasteiger partial charge in [-0.15, -0.1) is 5.10 Å². The maximum absolute atomic E-state index is 5.75. The standard InChI is InChI=1S/C12H16N4S/c1-2-3-4-9-5-7-10(8-6-9)16-11(13)14-15-12(16)17/h5-8H,2-4H2,1H3,(H2,13,14)(H,15,17). The molecule has 0 unspecified atom stereocenters. The monoisotopic (exact) mass is 248 g/mol. The molecule has 0 aliphatic rings. The van der Waals surface area contributed by atoms with Crippen LogP contribution in [0.15, 0.2) is 24.3 Å². The maximum atomic E-state index is 5.75. The predicted octanol–water partition coefficient (Wildman–Crippen LogP) is 2.85. The summed E-state index contributed by atoms with van der Waals surface area (Å²) in [6, 6.07) is 8.26. The van der Waals surface area contributed by atoms with E-state index >= 15 is 0 Å². The second-order valence-electron chi connectivity index (χ2n) is 3.99. The fourth-order valence-electron chi connectivity index (χ4n) is 1.75. The average molecular weight is 248 g/mol. The Morgan fingerprint density at radius 1 is 1.35 bits per heavy atom. The van der Waals surface area contributed by atoms with Crippen LogP contribution in [0.2, 0.25) is 0 Å². The van der Waals surface area contributed by atoms with Gasteiger partial charge < -0.3 is 5.73 Å². The molecule has 0 saturated heterocycles. The van der Waals surface area contributed by atoms with E-state index in [2.05, 4.69) is 29.3 Å². The van der Waals surface area contributed by atoms with Crippen molar-refractivity contribution in [1.29, 1.82) is 0 Å². The average Bonchev–Trinajstić information content (AvgIpc) is 2.67. The van der Waals surface area contributed by atoms with Gasteiger partial charge >= 0.3 is 0 Å². The SMILES string of the molecule is CCCCc1ccc(-n2c(N)n[nH]c2=S)cc1. The quantitative estimate of drug-likeness (QED) is 0.818. The Bertz CT molecular complexity index is 538. The van der Waals surface area contributed by atoms with Gasteiger partial charge in [0.1, 0.15) is 0 Å². The number of nitrogens with one attached hydrogen (secondary N) is 1. The highest BCUT2D eigenvalue weighted by Gasteiger charge is 2.04. The van der Waals surface area contributed by atoms with Crippen LogP contribution < -0.4 is 5.73 Å². The summed E-state index contributed by atoms with van der Waals surface area (Å²) in [6.45, 7) is 2.19. The van der Waals surface area contributed by atoms with E-state index in [1.165, 1.54) is 18.4 Å². The Morgan fingerprint density at radius 3 is 2.59 bits per heavy atom. The number of nitrogens with two attached hydrogens (primary N) is 1. The van der Waals surface area contributed by atoms with Crippen molar-refractivity contribution in [3.63, 3.8) is 0 Å². The van der Waals surface area contributed by atoms with Crippen molar-refractivity contribution in [3.8, 4) is 5.69 Å². The number of aromatic nitrogens is 3. The van der Waals surface area contributed by atoms with Crippen molar-refractivity contribution in [2.24, 2.45) is 0 Å². The first-order valence-corrected chi connectivity index (χ1v) is 6.15. The van der Waals surface area contributed by atoms with Gasteiger partial charge in [-0.3, -0.25) is 4.57 Å². The highest BCUT2D eigenvalue weighted by molar-refractivity contribution is 7.71. The first kappa shape index (κ1) is 11.9. The molecule has 1 aromatic heterocycles. The van der Waals surface area contributed by atoms with Gasteiger partial charge in [0, 0.05) is 0 Å². The van der Waals surface area contributed by atoms with Crippen LogP contribution in [0.5, 0.6) is 0 Å². The summed E-state index contributed by atoms with van der Waals surface area (Å²) in [5.74, 6) is 0.385. The smallest absolute Gasteiger partial charge is 0.225 e. The van der Waals surface area contributed by atoms with Crippen LogP contribution in [-0.4, -0.2) is 14.8 Å². The van der Waals surface area contributed by atoms with Crippen LogP contribution in [-0.2, 0) is 6.42 Å². The highest BCUT2D eigenvalue weighted by Crippen LogP contribution is 2.14. The molecule has 2 aromatic rings. The van der Waals surface area contributed by atoms with E-state index in [0.29, 0.717) is 10.7 Å². The van der Waals surface area contributed by atoms with Crippen LogP contribution in [0.3, 0.4) is 0 Å². The molecule has 5 heteroatoms. The van der Waals surface area contributed by atoms with Crippen molar-refractivity contribution in [2.45, 2.75) is 26.2 Å². The third-order valence-corrected chi connectivity index (χ3v) is 2.99. The minimum absolute atomic E-state index is 0.385. The number of aromatic amines is 1. The third kappa shape index (κ3) is 2.55. The lowest BCUT2D eigenvalue weighted by molar-refractivity contribution is 0.795. The van der Waals surface area contributed by atoms with E-state index in [-0.39, 0.29) is 0 Å². The zero-order valence-electron chi connectivity index (χ0n) is 9.81. The summed E-state index contributed by atoms with van der Waals surface area (Å²) in [5.41, 5.74) is 8.03. The molecule has 0 fully saturated rings. The van der Waals surface area contributed by atoms with Gasteiger partial charge in [0.15, 0.2) is 0 Å². The summed E-state index contributed by atoms with van der Waals surface area (Å²) >= 11 is 5.12. The number of nitrogen functional groups attached to an aromatic ring is 1. The van der Waals surface area contributed by atoms with Gasteiger partial charge in [-0.05, 0) is 42.8 Å². The molecule has 1 aromatic carbocycles. The lowest BCUT2D eigenvalue weighted by Crippen LogP contribution is -2.00. The Morgan fingerprint density at radius 2 is 2.06 bits per heavy atom. The van der Waals surface area contributed by atoms with Gasteiger partial charge in [0.05, 0.1) is 5.69 Å². The number of unbranched alkanes of at least 4 members (excludes halogenated alkanes) is 1. The molecule has 0 bridgehead atoms. The van der Waals surface area contributed by atoms with E-state index in [1.807, 2.05) is 12.1 Å². The number of anilines is 1. The number of rotatable bonds is 4. The van der Waals surface area contributed by atoms with E-state index in [1.54, 1.807) is 4.57 Å². The van der Waals surface area contributed by atoms with Crippen molar-refractivity contribution >= 4 is 18.2 Å². The van der Waals surface area contributed by atoms with Crippen molar-refractivity contribution in [3.05, 3.63) is 34.6 Å². The van der Waals surface area contributed by atoms with Crippen LogP contribution in [0.4, 0.5) is 5.95 Å². The zero-order chi connectivity index (χ0) is 12.3. The van der Waals surface area contributed by atoms with Crippen LogP contribution >= 0.6 is 12.2 Å². The summed E-state index contributed by atoms with van der Waals surface area (Å²) in [7, 11) is 0. The van der Waals surface area contributed by atoms with E-state index in [0.717, 1.165) is 12.1 Å². The minimum atomic E-state index is 0.385. The second kappa shape index (κ2) is 5.14. The molecule has 90 valence electrons. The van der Waals surface area contributed by atoms with E-state index < -0.39 is 0 Å². The molecule has 0 amide bonds. The first-order chi connectivity index (χ1) is 8.22. The number of benzene rings is 1. The summed E-state index contributed by atoms with van der Waals surface area (Å²) in [5, 5.41) is 6.56. The molecular weight excluding hydrogens is 232 g/mol. The predicted molar refractivity (Wildman–Crippen MR) is 71.8 cm³/mol. The van der Waals surface area contributed by atoms with Crippen molar-refractivity contribution in [1.82, 2.24) is 14.8 Å². The Hall–Kier alpha value is -1.62. The van der Waals surface area contributed by atoms with Crippen LogP contribution in [0.1, 0.15) is 25.3 Å². The normalized spacial score (nSPS) is 10.6. The van der Waals surface area contributed by atoms with Gasteiger partial charge in [-0.1, -0.05) is 25.5 Å². The summed E-state index contributed by atoms with van der Waals surface area (Å²) in [4.78, 5) is 0. The Labute approximate surface area is 105 Å². The lowest BCUT2D eigenvalue weighted by Gasteiger charge is -2.05. The molecule has 0 atom stereocenters. The first-order valence-electron chi connectivity index (χ1n) is 5.74. The van der Waals surface area contributed by atoms with Crippen molar-refractivity contribution < 1.29 is 0 Å². The Kier molecular flexibility index (Phi) is 3.58. The zero-order valence-corrected chi connectivity index (χ0v) is 10.6. The molecule has 1 heterocycles. The third-order valence-electron chi connectivity index (χ3n) is 2.71. The molecular formula is C12H16N4S. The number of H-pyrrole nitrogens is 1. The molecule has 17 heavy (non-hydrogen) atoms. The van der Waals surface area contributed by atoms with Crippen molar-refractivity contribution in [2.75, 3.05) is 5.73 Å². The largest absolute Gasteiger partial charge is 0.368 e. The molecule has 0 aliphatic heterocycles. The second-order valence-corrected chi connectivity index (χ2v) is 4.38. The van der Waals surface area contributed by atoms with Gasteiger partial charge in [-0.25, -0.2) is 5.10 Å². The fourth-order valence-corrected chi connectivity index (χ4v) is 2.00. The number of hydrogen-bond donors (Lipinski definition) is 2. The number of nitrogens with zero attached hydrogens (tertiary/aromatic N) is 2. The molecule has 0 spiro atoms. The number of hydrogen-bond acceptors (Lipinski definition) is 3. The minimum Gasteiger partial charge on any atom is -0.368 e. The Balaban J connectivity index is 2.27. The maximum Gasteiger partial charge on any atom is 0.225 e. The summed E-state index contributed by atoms with van der Waals surface area (Å²) in [6.07, 6.45) is 3.54. The van der Waals surface area contributed by atoms with E-state index in [9.17, 15) is 0 Å². The van der Waals surface area contributed by atoms with Crippen LogP contribution in [0, 0.1) is 4.77 Å². The summed E-state index contributed by atoms with van der Waals surface area (Å²) < 4.78 is 2.24. The lowest BCUT2D eigenvalue weighted by atomic mass is 10.1. The molecule has 0 aliphatic carbocycles. The molecule has 2 rings (SSSR count). The molecule has 0 radical (unpaired) electrons.